The summed E-state index contributed by atoms with van der Waals surface area (Å²) in [6.45, 7) is 1.96. The fraction of sp³-hybridized carbons (Fsp3) is 0.111. The third kappa shape index (κ3) is 3.67. The molecule has 7 heteroatoms. The van der Waals surface area contributed by atoms with Crippen LogP contribution in [0.5, 0.6) is 11.6 Å². The predicted molar refractivity (Wildman–Crippen MR) is 132 cm³/mol. The standard InChI is InChI=1S/C27H22N4O3/c1-16-9-12-24-21(13-16)25(27(33)31(24)2)29-30-26(32)20-15-23(17-7-5-4-6-8-17)28-22-11-10-18(34-3)14-19(20)22/h4-15,33H,1-3H3. The van der Waals surface area contributed by atoms with Crippen LogP contribution in [0.1, 0.15) is 15.9 Å². The maximum atomic E-state index is 13.3. The van der Waals surface area contributed by atoms with Crippen molar-refractivity contribution in [2.24, 2.45) is 17.3 Å². The van der Waals surface area contributed by atoms with Crippen molar-refractivity contribution in [2.75, 3.05) is 7.11 Å². The molecule has 0 fully saturated rings. The van der Waals surface area contributed by atoms with Crippen LogP contribution in [0.4, 0.5) is 5.69 Å². The first-order valence-electron chi connectivity index (χ1n) is 10.7. The van der Waals surface area contributed by atoms with Gasteiger partial charge in [0.25, 0.3) is 5.91 Å². The van der Waals surface area contributed by atoms with E-state index in [1.54, 1.807) is 36.9 Å². The second kappa shape index (κ2) is 8.44. The number of aromatic nitrogens is 2. The predicted octanol–water partition coefficient (Wildman–Crippen LogP) is 6.34. The monoisotopic (exact) mass is 450 g/mol. The molecule has 0 bridgehead atoms. The Balaban J connectivity index is 1.64. The van der Waals surface area contributed by atoms with Crippen LogP contribution in [0, 0.1) is 6.92 Å². The van der Waals surface area contributed by atoms with Gasteiger partial charge in [0.05, 0.1) is 29.4 Å². The Hall–Kier alpha value is -4.52. The number of nitrogens with zero attached hydrogens (tertiary/aromatic N) is 4. The molecule has 0 aliphatic heterocycles. The van der Waals surface area contributed by atoms with Gasteiger partial charge in [-0.3, -0.25) is 4.79 Å². The summed E-state index contributed by atoms with van der Waals surface area (Å²) >= 11 is 0. The van der Waals surface area contributed by atoms with E-state index >= 15 is 0 Å². The van der Waals surface area contributed by atoms with Crippen molar-refractivity contribution in [1.29, 1.82) is 0 Å². The molecule has 0 aliphatic carbocycles. The van der Waals surface area contributed by atoms with Crippen molar-refractivity contribution in [1.82, 2.24) is 9.55 Å². The molecule has 7 nitrogen and oxygen atoms in total. The number of rotatable bonds is 4. The molecule has 1 amide bonds. The van der Waals surface area contributed by atoms with E-state index in [9.17, 15) is 9.90 Å². The maximum absolute atomic E-state index is 13.3. The molecule has 0 spiro atoms. The number of methoxy groups -OCH3 is 1. The number of aryl methyl sites for hydroxylation is 2. The molecule has 2 heterocycles. The van der Waals surface area contributed by atoms with Crippen LogP contribution in [-0.4, -0.2) is 27.7 Å². The average molecular weight is 450 g/mol. The summed E-state index contributed by atoms with van der Waals surface area (Å²) in [4.78, 5) is 18.0. The first-order valence-corrected chi connectivity index (χ1v) is 10.7. The second-order valence-corrected chi connectivity index (χ2v) is 8.06. The summed E-state index contributed by atoms with van der Waals surface area (Å²) in [6.07, 6.45) is 0. The molecular weight excluding hydrogens is 428 g/mol. The molecule has 3 aromatic carbocycles. The molecule has 0 unspecified atom stereocenters. The quantitative estimate of drug-likeness (QED) is 0.324. The Kier molecular flexibility index (Phi) is 5.30. The second-order valence-electron chi connectivity index (χ2n) is 8.06. The zero-order chi connectivity index (χ0) is 23.8. The van der Waals surface area contributed by atoms with E-state index in [2.05, 4.69) is 10.2 Å². The summed E-state index contributed by atoms with van der Waals surface area (Å²) in [5, 5.41) is 20.1. The van der Waals surface area contributed by atoms with Crippen LogP contribution in [0.2, 0.25) is 0 Å². The number of aromatic hydroxyl groups is 1. The van der Waals surface area contributed by atoms with Crippen LogP contribution >= 0.6 is 0 Å². The maximum Gasteiger partial charge on any atom is 0.296 e. The van der Waals surface area contributed by atoms with E-state index in [0.717, 1.165) is 22.0 Å². The Morgan fingerprint density at radius 1 is 1.00 bits per heavy atom. The Morgan fingerprint density at radius 2 is 1.79 bits per heavy atom. The molecular formula is C27H22N4O3. The highest BCUT2D eigenvalue weighted by molar-refractivity contribution is 6.08. The molecule has 5 aromatic rings. The fourth-order valence-corrected chi connectivity index (χ4v) is 4.04. The van der Waals surface area contributed by atoms with Gasteiger partial charge in [0.15, 0.2) is 5.69 Å². The summed E-state index contributed by atoms with van der Waals surface area (Å²) in [5.41, 5.74) is 4.60. The minimum atomic E-state index is -0.540. The number of carbonyl (C=O) groups excluding carboxylic acids is 1. The van der Waals surface area contributed by atoms with E-state index in [4.69, 9.17) is 9.72 Å². The molecule has 168 valence electrons. The number of azo groups is 1. The lowest BCUT2D eigenvalue weighted by Crippen LogP contribution is -1.99. The normalized spacial score (nSPS) is 11.5. The van der Waals surface area contributed by atoms with Gasteiger partial charge in [0.2, 0.25) is 5.88 Å². The molecule has 0 aliphatic rings. The van der Waals surface area contributed by atoms with Gasteiger partial charge in [-0.15, -0.1) is 10.2 Å². The number of amides is 1. The highest BCUT2D eigenvalue weighted by Crippen LogP contribution is 2.38. The van der Waals surface area contributed by atoms with E-state index in [1.165, 1.54) is 0 Å². The van der Waals surface area contributed by atoms with Crippen molar-refractivity contribution in [3.05, 3.63) is 83.9 Å². The number of hydrogen-bond donors (Lipinski definition) is 1. The van der Waals surface area contributed by atoms with Crippen molar-refractivity contribution in [2.45, 2.75) is 6.92 Å². The molecule has 0 saturated heterocycles. The van der Waals surface area contributed by atoms with Crippen LogP contribution < -0.4 is 4.74 Å². The largest absolute Gasteiger partial charge is 0.497 e. The van der Waals surface area contributed by atoms with Crippen molar-refractivity contribution in [3.8, 4) is 22.9 Å². The van der Waals surface area contributed by atoms with Crippen LogP contribution in [-0.2, 0) is 7.05 Å². The van der Waals surface area contributed by atoms with E-state index < -0.39 is 5.91 Å². The van der Waals surface area contributed by atoms with E-state index in [1.807, 2.05) is 61.5 Å². The van der Waals surface area contributed by atoms with Crippen LogP contribution in [0.25, 0.3) is 33.1 Å². The van der Waals surface area contributed by atoms with Gasteiger partial charge in [-0.1, -0.05) is 42.0 Å². The molecule has 0 atom stereocenters. The summed E-state index contributed by atoms with van der Waals surface area (Å²) in [6, 6.07) is 22.5. The van der Waals surface area contributed by atoms with Gasteiger partial charge in [0.1, 0.15) is 5.75 Å². The van der Waals surface area contributed by atoms with Gasteiger partial charge in [0, 0.05) is 23.4 Å². The lowest BCUT2D eigenvalue weighted by Gasteiger charge is -2.09. The first kappa shape index (κ1) is 21.3. The molecule has 5 rings (SSSR count). The van der Waals surface area contributed by atoms with E-state index in [-0.39, 0.29) is 11.6 Å². The lowest BCUT2D eigenvalue weighted by molar-refractivity contribution is 0.0996. The summed E-state index contributed by atoms with van der Waals surface area (Å²) in [7, 11) is 3.31. The van der Waals surface area contributed by atoms with Gasteiger partial charge in [-0.25, -0.2) is 4.98 Å². The van der Waals surface area contributed by atoms with Crippen molar-refractivity contribution < 1.29 is 14.6 Å². The third-order valence-corrected chi connectivity index (χ3v) is 5.85. The number of carbonyl (C=O) groups is 1. The average Bonchev–Trinajstić information content (AvgIpc) is 3.10. The first-order chi connectivity index (χ1) is 16.5. The molecule has 34 heavy (non-hydrogen) atoms. The van der Waals surface area contributed by atoms with Gasteiger partial charge >= 0.3 is 0 Å². The minimum Gasteiger partial charge on any atom is -0.497 e. The SMILES string of the molecule is COc1ccc2nc(-c3ccccc3)cc(C(=O)N=Nc3c(O)n(C)c4ccc(C)cc34)c2c1. The number of ether oxygens (including phenoxy) is 1. The van der Waals surface area contributed by atoms with Gasteiger partial charge < -0.3 is 14.4 Å². The Bertz CT molecular complexity index is 1590. The van der Waals surface area contributed by atoms with Crippen molar-refractivity contribution in [3.63, 3.8) is 0 Å². The number of pyridine rings is 1. The zero-order valence-corrected chi connectivity index (χ0v) is 19.0. The number of benzene rings is 3. The van der Waals surface area contributed by atoms with Gasteiger partial charge in [-0.2, -0.15) is 0 Å². The van der Waals surface area contributed by atoms with Crippen LogP contribution in [0.15, 0.2) is 83.0 Å². The highest BCUT2D eigenvalue weighted by Gasteiger charge is 2.18. The number of fused-ring (bicyclic) bond motifs is 2. The summed E-state index contributed by atoms with van der Waals surface area (Å²) < 4.78 is 6.97. The Morgan fingerprint density at radius 3 is 2.56 bits per heavy atom. The van der Waals surface area contributed by atoms with Crippen LogP contribution in [0.3, 0.4) is 0 Å². The molecule has 1 N–H and O–H groups in total. The molecule has 0 radical (unpaired) electrons. The van der Waals surface area contributed by atoms with Gasteiger partial charge in [-0.05, 0) is 43.3 Å². The minimum absolute atomic E-state index is 0.0524. The molecule has 0 saturated carbocycles. The topological polar surface area (TPSA) is 89.1 Å². The summed E-state index contributed by atoms with van der Waals surface area (Å²) in [5.74, 6) is 0.0141. The fourth-order valence-electron chi connectivity index (χ4n) is 4.04. The smallest absolute Gasteiger partial charge is 0.296 e. The molecule has 2 aromatic heterocycles. The van der Waals surface area contributed by atoms with Crippen molar-refractivity contribution >= 4 is 33.4 Å². The third-order valence-electron chi connectivity index (χ3n) is 5.85. The van der Waals surface area contributed by atoms with E-state index in [0.29, 0.717) is 27.9 Å². The highest BCUT2D eigenvalue weighted by atomic mass is 16.5. The zero-order valence-electron chi connectivity index (χ0n) is 19.0. The lowest BCUT2D eigenvalue weighted by atomic mass is 10.0. The Labute approximate surface area is 196 Å². The number of hydrogen-bond acceptors (Lipinski definition) is 5.